The summed E-state index contributed by atoms with van der Waals surface area (Å²) in [5.41, 5.74) is 0. The summed E-state index contributed by atoms with van der Waals surface area (Å²) in [4.78, 5) is 14.6. The first-order valence-corrected chi connectivity index (χ1v) is 8.73. The van der Waals surface area contributed by atoms with Crippen LogP contribution in [0.15, 0.2) is 0 Å². The summed E-state index contributed by atoms with van der Waals surface area (Å²) in [5, 5.41) is 0. The van der Waals surface area contributed by atoms with Crippen LogP contribution in [0.1, 0.15) is 51.9 Å². The monoisotopic (exact) mass is 301 g/mol. The number of alkyl halides is 1. The number of rotatable bonds is 5. The van der Waals surface area contributed by atoms with Crippen molar-refractivity contribution in [2.75, 3.05) is 25.6 Å². The number of ether oxygens (including phenoxy) is 1. The molecule has 0 spiro atoms. The van der Waals surface area contributed by atoms with E-state index in [1.807, 2.05) is 4.90 Å². The predicted octanol–water partition coefficient (Wildman–Crippen LogP) is 3.45. The second kappa shape index (κ2) is 8.23. The van der Waals surface area contributed by atoms with Crippen molar-refractivity contribution in [2.24, 2.45) is 11.8 Å². The summed E-state index contributed by atoms with van der Waals surface area (Å²) >= 11 is 5.96. The Kier molecular flexibility index (Phi) is 6.63. The third-order valence-corrected chi connectivity index (χ3v) is 5.21. The van der Waals surface area contributed by atoms with Crippen LogP contribution in [0.25, 0.3) is 0 Å². The Balaban J connectivity index is 1.81. The zero-order valence-electron chi connectivity index (χ0n) is 12.7. The molecule has 4 heteroatoms. The molecule has 1 saturated heterocycles. The van der Waals surface area contributed by atoms with Crippen LogP contribution in [0.3, 0.4) is 0 Å². The molecule has 0 bridgehead atoms. The zero-order valence-corrected chi connectivity index (χ0v) is 13.4. The summed E-state index contributed by atoms with van der Waals surface area (Å²) in [7, 11) is 0. The van der Waals surface area contributed by atoms with E-state index in [9.17, 15) is 4.79 Å². The van der Waals surface area contributed by atoms with Crippen LogP contribution in [0.2, 0.25) is 0 Å². The van der Waals surface area contributed by atoms with Gasteiger partial charge in [-0.3, -0.25) is 4.79 Å². The highest BCUT2D eigenvalue weighted by molar-refractivity contribution is 6.18. The Labute approximate surface area is 128 Å². The van der Waals surface area contributed by atoms with Crippen molar-refractivity contribution >= 4 is 17.5 Å². The lowest BCUT2D eigenvalue weighted by atomic mass is 9.79. The van der Waals surface area contributed by atoms with Crippen LogP contribution in [-0.2, 0) is 9.53 Å². The van der Waals surface area contributed by atoms with Gasteiger partial charge in [0.05, 0.1) is 19.3 Å². The molecular formula is C16H28ClNO2. The number of nitrogens with zero attached hydrogens (tertiary/aromatic N) is 1. The second-order valence-corrected chi connectivity index (χ2v) is 6.58. The average molecular weight is 302 g/mol. The number of hydrogen-bond acceptors (Lipinski definition) is 2. The summed E-state index contributed by atoms with van der Waals surface area (Å²) < 4.78 is 5.42. The maximum atomic E-state index is 12.7. The van der Waals surface area contributed by atoms with E-state index in [0.29, 0.717) is 31.5 Å². The van der Waals surface area contributed by atoms with Crippen molar-refractivity contribution < 1.29 is 9.53 Å². The van der Waals surface area contributed by atoms with Gasteiger partial charge >= 0.3 is 0 Å². The summed E-state index contributed by atoms with van der Waals surface area (Å²) in [6, 6.07) is 0.0794. The molecule has 1 saturated carbocycles. The molecule has 116 valence electrons. The molecule has 2 aliphatic rings. The van der Waals surface area contributed by atoms with Gasteiger partial charge in [-0.05, 0) is 31.6 Å². The fraction of sp³-hybridized carbons (Fsp3) is 0.938. The number of hydrogen-bond donors (Lipinski definition) is 0. The van der Waals surface area contributed by atoms with E-state index in [1.165, 1.54) is 32.1 Å². The molecule has 1 aliphatic carbocycles. The van der Waals surface area contributed by atoms with Gasteiger partial charge < -0.3 is 9.64 Å². The minimum Gasteiger partial charge on any atom is -0.377 e. The van der Waals surface area contributed by atoms with Crippen LogP contribution >= 0.6 is 11.6 Å². The third-order valence-electron chi connectivity index (χ3n) is 4.85. The van der Waals surface area contributed by atoms with E-state index in [0.717, 1.165) is 18.8 Å². The molecule has 20 heavy (non-hydrogen) atoms. The van der Waals surface area contributed by atoms with Crippen LogP contribution in [0.4, 0.5) is 0 Å². The maximum absolute atomic E-state index is 12.7. The number of carbonyl (C=O) groups excluding carboxylic acids is 1. The van der Waals surface area contributed by atoms with Crippen LogP contribution < -0.4 is 0 Å². The average Bonchev–Trinajstić information content (AvgIpc) is 2.52. The van der Waals surface area contributed by atoms with Crippen LogP contribution in [0.5, 0.6) is 0 Å². The lowest BCUT2D eigenvalue weighted by Crippen LogP contribution is -2.52. The largest absolute Gasteiger partial charge is 0.377 e. The van der Waals surface area contributed by atoms with E-state index in [2.05, 4.69) is 6.92 Å². The Morgan fingerprint density at radius 2 is 2.05 bits per heavy atom. The molecule has 1 aliphatic heterocycles. The molecule has 0 aromatic rings. The van der Waals surface area contributed by atoms with Crippen molar-refractivity contribution in [3.8, 4) is 0 Å². The normalized spacial score (nSPS) is 31.3. The van der Waals surface area contributed by atoms with E-state index < -0.39 is 0 Å². The van der Waals surface area contributed by atoms with Crippen molar-refractivity contribution in [2.45, 2.75) is 57.9 Å². The lowest BCUT2D eigenvalue weighted by Gasteiger charge is -2.38. The lowest BCUT2D eigenvalue weighted by molar-refractivity contribution is -0.144. The predicted molar refractivity (Wildman–Crippen MR) is 82.0 cm³/mol. The van der Waals surface area contributed by atoms with Gasteiger partial charge in [0.25, 0.3) is 0 Å². The topological polar surface area (TPSA) is 29.5 Å². The highest BCUT2D eigenvalue weighted by atomic mass is 35.5. The Morgan fingerprint density at radius 3 is 2.70 bits per heavy atom. The first-order valence-electron chi connectivity index (χ1n) is 8.20. The summed E-state index contributed by atoms with van der Waals surface area (Å²) in [6.45, 7) is 4.22. The minimum absolute atomic E-state index is 0.0794. The molecule has 0 aromatic heterocycles. The minimum atomic E-state index is 0.0794. The van der Waals surface area contributed by atoms with E-state index in [4.69, 9.17) is 16.3 Å². The maximum Gasteiger partial charge on any atom is 0.226 e. The smallest absolute Gasteiger partial charge is 0.226 e. The highest BCUT2D eigenvalue weighted by Crippen LogP contribution is 2.33. The number of amides is 1. The standard InChI is InChI=1S/C16H28ClNO2/c1-2-3-4-13-5-7-14(8-6-13)16(19)18-9-10-20-12-15(18)11-17/h13-15H,2-12H2,1H3. The Morgan fingerprint density at radius 1 is 1.30 bits per heavy atom. The Bertz CT molecular complexity index is 303. The molecule has 0 radical (unpaired) electrons. The SMILES string of the molecule is CCCCC1CCC(C(=O)N2CCOCC2CCl)CC1. The van der Waals surface area contributed by atoms with E-state index in [1.54, 1.807) is 0 Å². The number of morpholine rings is 1. The number of carbonyl (C=O) groups is 1. The van der Waals surface area contributed by atoms with Gasteiger partial charge in [0.15, 0.2) is 0 Å². The first-order chi connectivity index (χ1) is 9.76. The van der Waals surface area contributed by atoms with Crippen molar-refractivity contribution in [1.82, 2.24) is 4.90 Å². The molecule has 1 atom stereocenters. The van der Waals surface area contributed by atoms with Crippen molar-refractivity contribution in [3.05, 3.63) is 0 Å². The van der Waals surface area contributed by atoms with Crippen molar-refractivity contribution in [3.63, 3.8) is 0 Å². The second-order valence-electron chi connectivity index (χ2n) is 6.27. The van der Waals surface area contributed by atoms with Gasteiger partial charge in [0, 0.05) is 18.3 Å². The molecule has 0 aromatic carbocycles. The quantitative estimate of drug-likeness (QED) is 0.728. The molecule has 0 N–H and O–H groups in total. The molecule has 2 rings (SSSR count). The van der Waals surface area contributed by atoms with Crippen molar-refractivity contribution in [1.29, 1.82) is 0 Å². The molecule has 1 heterocycles. The van der Waals surface area contributed by atoms with Gasteiger partial charge in [-0.1, -0.05) is 26.2 Å². The molecule has 3 nitrogen and oxygen atoms in total. The summed E-state index contributed by atoms with van der Waals surface area (Å²) in [5.74, 6) is 1.90. The van der Waals surface area contributed by atoms with Crippen LogP contribution in [-0.4, -0.2) is 42.5 Å². The van der Waals surface area contributed by atoms with Gasteiger partial charge in [0.1, 0.15) is 0 Å². The van der Waals surface area contributed by atoms with Crippen LogP contribution in [0, 0.1) is 11.8 Å². The van der Waals surface area contributed by atoms with Gasteiger partial charge in [-0.25, -0.2) is 0 Å². The molecular weight excluding hydrogens is 274 g/mol. The van der Waals surface area contributed by atoms with Gasteiger partial charge in [-0.15, -0.1) is 11.6 Å². The fourth-order valence-electron chi connectivity index (χ4n) is 3.50. The molecule has 1 unspecified atom stereocenters. The highest BCUT2D eigenvalue weighted by Gasteiger charge is 2.33. The fourth-order valence-corrected chi connectivity index (χ4v) is 3.75. The van der Waals surface area contributed by atoms with Gasteiger partial charge in [0.2, 0.25) is 5.91 Å². The summed E-state index contributed by atoms with van der Waals surface area (Å²) in [6.07, 6.45) is 8.56. The molecule has 2 fully saturated rings. The number of unbranched alkanes of at least 4 members (excludes halogenated alkanes) is 1. The number of halogens is 1. The van der Waals surface area contributed by atoms with E-state index >= 15 is 0 Å². The third kappa shape index (κ3) is 4.11. The zero-order chi connectivity index (χ0) is 14.4. The first kappa shape index (κ1) is 16.1. The van der Waals surface area contributed by atoms with E-state index in [-0.39, 0.29) is 12.0 Å². The molecule has 1 amide bonds. The van der Waals surface area contributed by atoms with Gasteiger partial charge in [-0.2, -0.15) is 0 Å². The Hall–Kier alpha value is -0.280.